The summed E-state index contributed by atoms with van der Waals surface area (Å²) in [7, 11) is 0. The topological polar surface area (TPSA) is 81.2 Å². The SMILES string of the molecule is C=O.O=C1C=CC(=O)C=C1.[Na+].[OH-]. The van der Waals surface area contributed by atoms with Gasteiger partial charge >= 0.3 is 29.6 Å². The monoisotopic (exact) mass is 178 g/mol. The average molecular weight is 178 g/mol. The Labute approximate surface area is 91.9 Å². The van der Waals surface area contributed by atoms with Crippen LogP contribution >= 0.6 is 0 Å². The van der Waals surface area contributed by atoms with Crippen LogP contribution in [-0.2, 0) is 14.4 Å². The standard InChI is InChI=1S/C6H4O2.CH2O.Na.H2O/c7-5-1-2-6(8)4-3-5;1-2;;/h1-4H;1H2;;1H2/q;;+1;/p-1. The maximum Gasteiger partial charge on any atom is 1.00 e. The van der Waals surface area contributed by atoms with Crippen LogP contribution in [0, 0.1) is 0 Å². The number of carbonyl (C=O) groups excluding carboxylic acids is 3. The van der Waals surface area contributed by atoms with Gasteiger partial charge in [-0.05, 0) is 24.3 Å². The fourth-order valence-electron chi connectivity index (χ4n) is 0.440. The van der Waals surface area contributed by atoms with Crippen molar-refractivity contribution >= 4 is 18.4 Å². The summed E-state index contributed by atoms with van der Waals surface area (Å²) in [4.78, 5) is 28.6. The van der Waals surface area contributed by atoms with E-state index in [-0.39, 0.29) is 46.6 Å². The summed E-state index contributed by atoms with van der Waals surface area (Å²) >= 11 is 0. The van der Waals surface area contributed by atoms with Crippen molar-refractivity contribution < 1.29 is 49.4 Å². The summed E-state index contributed by atoms with van der Waals surface area (Å²) in [6.45, 7) is 2.00. The molecule has 4 nitrogen and oxygen atoms in total. The Kier molecular flexibility index (Phi) is 15.2. The molecule has 0 amide bonds. The first kappa shape index (κ1) is 17.5. The van der Waals surface area contributed by atoms with Gasteiger partial charge in [-0.1, -0.05) is 0 Å². The van der Waals surface area contributed by atoms with E-state index in [1.807, 2.05) is 6.79 Å². The normalized spacial score (nSPS) is 12.0. The number of carbonyl (C=O) groups is 3. The second-order valence-electron chi connectivity index (χ2n) is 1.47. The summed E-state index contributed by atoms with van der Waals surface area (Å²) < 4.78 is 0. The molecular formula is C7H7NaO4. The molecule has 1 aliphatic rings. The van der Waals surface area contributed by atoms with Gasteiger partial charge in [-0.25, -0.2) is 0 Å². The van der Waals surface area contributed by atoms with Gasteiger partial charge in [-0.15, -0.1) is 0 Å². The van der Waals surface area contributed by atoms with E-state index >= 15 is 0 Å². The zero-order chi connectivity index (χ0) is 7.98. The smallest absolute Gasteiger partial charge is 0.870 e. The largest absolute Gasteiger partial charge is 1.00 e. The molecule has 1 aliphatic carbocycles. The van der Waals surface area contributed by atoms with Crippen molar-refractivity contribution in [3.63, 3.8) is 0 Å². The van der Waals surface area contributed by atoms with E-state index in [9.17, 15) is 9.59 Å². The summed E-state index contributed by atoms with van der Waals surface area (Å²) in [6.07, 6.45) is 5.01. The molecule has 0 heterocycles. The maximum atomic E-state index is 10.3. The van der Waals surface area contributed by atoms with Crippen LogP contribution in [0.25, 0.3) is 0 Å². The third-order valence-corrected chi connectivity index (χ3v) is 0.824. The molecule has 1 rings (SSSR count). The first-order valence-corrected chi connectivity index (χ1v) is 2.52. The zero-order valence-corrected chi connectivity index (χ0v) is 8.69. The quantitative estimate of drug-likeness (QED) is 0.290. The third kappa shape index (κ3) is 7.56. The van der Waals surface area contributed by atoms with Crippen molar-refractivity contribution in [3.05, 3.63) is 24.3 Å². The van der Waals surface area contributed by atoms with Gasteiger partial charge in [0, 0.05) is 0 Å². The van der Waals surface area contributed by atoms with Gasteiger partial charge in [0.2, 0.25) is 0 Å². The summed E-state index contributed by atoms with van der Waals surface area (Å²) in [5, 5.41) is 0. The van der Waals surface area contributed by atoms with Gasteiger partial charge in [-0.3, -0.25) is 9.59 Å². The minimum absolute atomic E-state index is 0. The van der Waals surface area contributed by atoms with Crippen molar-refractivity contribution in [3.8, 4) is 0 Å². The Morgan fingerprint density at radius 2 is 1.00 bits per heavy atom. The molecule has 12 heavy (non-hydrogen) atoms. The molecule has 0 fully saturated rings. The summed E-state index contributed by atoms with van der Waals surface area (Å²) in [5.41, 5.74) is 0. The molecule has 0 aromatic carbocycles. The molecule has 0 spiro atoms. The van der Waals surface area contributed by atoms with Gasteiger partial charge in [0.1, 0.15) is 6.79 Å². The van der Waals surface area contributed by atoms with Crippen molar-refractivity contribution in [2.75, 3.05) is 0 Å². The average Bonchev–Trinajstić information content (AvgIpc) is 2.00. The van der Waals surface area contributed by atoms with Crippen LogP contribution in [-0.4, -0.2) is 23.8 Å². The van der Waals surface area contributed by atoms with E-state index in [4.69, 9.17) is 4.79 Å². The Balaban J connectivity index is -0.000000189. The van der Waals surface area contributed by atoms with Gasteiger partial charge in [0.05, 0.1) is 0 Å². The molecule has 0 aliphatic heterocycles. The van der Waals surface area contributed by atoms with E-state index < -0.39 is 0 Å². The maximum absolute atomic E-state index is 10.3. The van der Waals surface area contributed by atoms with Crippen molar-refractivity contribution in [2.24, 2.45) is 0 Å². The van der Waals surface area contributed by atoms with E-state index in [0.717, 1.165) is 0 Å². The van der Waals surface area contributed by atoms with Crippen molar-refractivity contribution in [1.82, 2.24) is 0 Å². The number of hydrogen-bond acceptors (Lipinski definition) is 4. The molecule has 0 atom stereocenters. The van der Waals surface area contributed by atoms with Gasteiger partial charge < -0.3 is 10.3 Å². The molecule has 5 heteroatoms. The number of hydrogen-bond donors (Lipinski definition) is 0. The van der Waals surface area contributed by atoms with Crippen LogP contribution < -0.4 is 29.6 Å². The van der Waals surface area contributed by atoms with Crippen LogP contribution in [0.2, 0.25) is 0 Å². The van der Waals surface area contributed by atoms with Crippen LogP contribution in [0.3, 0.4) is 0 Å². The van der Waals surface area contributed by atoms with Crippen LogP contribution in [0.1, 0.15) is 0 Å². The van der Waals surface area contributed by atoms with Crippen molar-refractivity contribution in [2.45, 2.75) is 0 Å². The minimum Gasteiger partial charge on any atom is -0.870 e. The first-order chi connectivity index (χ1) is 4.79. The fraction of sp³-hybridized carbons (Fsp3) is 0. The molecule has 0 radical (unpaired) electrons. The fourth-order valence-corrected chi connectivity index (χ4v) is 0.440. The summed E-state index contributed by atoms with van der Waals surface area (Å²) in [5.74, 6) is -0.241. The number of allylic oxidation sites excluding steroid dienone is 4. The third-order valence-electron chi connectivity index (χ3n) is 0.824. The molecule has 0 saturated carbocycles. The second-order valence-corrected chi connectivity index (χ2v) is 1.47. The Morgan fingerprint density at radius 3 is 1.17 bits per heavy atom. The van der Waals surface area contributed by atoms with Crippen molar-refractivity contribution in [1.29, 1.82) is 0 Å². The molecule has 0 unspecified atom stereocenters. The molecule has 60 valence electrons. The van der Waals surface area contributed by atoms with Gasteiger partial charge in [-0.2, -0.15) is 0 Å². The van der Waals surface area contributed by atoms with Crippen LogP contribution in [0.4, 0.5) is 0 Å². The predicted octanol–water partition coefficient (Wildman–Crippen LogP) is -3.11. The number of ketones is 2. The minimum atomic E-state index is -0.121. The molecule has 1 N–H and O–H groups in total. The van der Waals surface area contributed by atoms with E-state index in [2.05, 4.69) is 0 Å². The zero-order valence-electron chi connectivity index (χ0n) is 6.69. The van der Waals surface area contributed by atoms with Crippen LogP contribution in [0.5, 0.6) is 0 Å². The van der Waals surface area contributed by atoms with E-state index in [0.29, 0.717) is 0 Å². The summed E-state index contributed by atoms with van der Waals surface area (Å²) in [6, 6.07) is 0. The van der Waals surface area contributed by atoms with Gasteiger partial charge in [0.15, 0.2) is 11.6 Å². The predicted molar refractivity (Wildman–Crippen MR) is 37.4 cm³/mol. The Bertz CT molecular complexity index is 169. The second kappa shape index (κ2) is 10.4. The Hall–Kier alpha value is -0.550. The molecule has 0 saturated heterocycles. The molecule has 0 bridgehead atoms. The van der Waals surface area contributed by atoms with Gasteiger partial charge in [0.25, 0.3) is 0 Å². The molecule has 0 aromatic heterocycles. The molecular weight excluding hydrogens is 171 g/mol. The van der Waals surface area contributed by atoms with E-state index in [1.54, 1.807) is 0 Å². The molecule has 0 aromatic rings. The van der Waals surface area contributed by atoms with Crippen LogP contribution in [0.15, 0.2) is 24.3 Å². The number of rotatable bonds is 0. The Morgan fingerprint density at radius 1 is 0.833 bits per heavy atom. The first-order valence-electron chi connectivity index (χ1n) is 2.52. The van der Waals surface area contributed by atoms with E-state index in [1.165, 1.54) is 24.3 Å².